The largest absolute Gasteiger partial charge is 0.497 e. The van der Waals surface area contributed by atoms with Crippen LogP contribution >= 0.6 is 0 Å². The molecule has 0 spiro atoms. The molecule has 0 bridgehead atoms. The van der Waals surface area contributed by atoms with Crippen LogP contribution in [0.15, 0.2) is 54.7 Å². The Balaban J connectivity index is 1.58. The minimum Gasteiger partial charge on any atom is -0.497 e. The van der Waals surface area contributed by atoms with Crippen LogP contribution in [0.5, 0.6) is 5.75 Å². The molecule has 1 atom stereocenters. The van der Waals surface area contributed by atoms with Crippen molar-refractivity contribution in [1.82, 2.24) is 15.3 Å². The van der Waals surface area contributed by atoms with Crippen LogP contribution in [0, 0.1) is 0 Å². The van der Waals surface area contributed by atoms with Gasteiger partial charge in [-0.15, -0.1) is 0 Å². The van der Waals surface area contributed by atoms with Gasteiger partial charge in [-0.25, -0.2) is 9.97 Å². The highest BCUT2D eigenvalue weighted by Crippen LogP contribution is 2.31. The molecule has 0 fully saturated rings. The molecular weight excluding hydrogens is 340 g/mol. The number of carbonyl (C=O) groups is 1. The Morgan fingerprint density at radius 3 is 2.74 bits per heavy atom. The summed E-state index contributed by atoms with van der Waals surface area (Å²) in [5, 5.41) is 3.05. The average molecular weight is 360 g/mol. The van der Waals surface area contributed by atoms with Gasteiger partial charge in [-0.3, -0.25) is 4.79 Å². The number of hydrogen-bond acceptors (Lipinski definition) is 5. The van der Waals surface area contributed by atoms with Crippen molar-refractivity contribution in [3.8, 4) is 17.0 Å². The first kappa shape index (κ1) is 17.0. The fraction of sp³-hybridized carbons (Fsp3) is 0.190. The van der Waals surface area contributed by atoms with Crippen molar-refractivity contribution in [2.75, 3.05) is 12.8 Å². The van der Waals surface area contributed by atoms with Gasteiger partial charge in [0.15, 0.2) is 11.5 Å². The van der Waals surface area contributed by atoms with Crippen LogP contribution in [0.25, 0.3) is 11.3 Å². The van der Waals surface area contributed by atoms with E-state index in [2.05, 4.69) is 27.4 Å². The van der Waals surface area contributed by atoms with Crippen molar-refractivity contribution in [2.45, 2.75) is 18.9 Å². The lowest BCUT2D eigenvalue weighted by atomic mass is 10.1. The Morgan fingerprint density at radius 2 is 1.96 bits per heavy atom. The van der Waals surface area contributed by atoms with Crippen LogP contribution in [-0.4, -0.2) is 23.0 Å². The summed E-state index contributed by atoms with van der Waals surface area (Å²) in [4.78, 5) is 21.4. The Hall–Kier alpha value is -3.41. The third kappa shape index (κ3) is 3.33. The average Bonchev–Trinajstić information content (AvgIpc) is 3.11. The van der Waals surface area contributed by atoms with Crippen LogP contribution in [0.1, 0.15) is 34.1 Å². The normalized spacial score (nSPS) is 15.2. The fourth-order valence-electron chi connectivity index (χ4n) is 3.40. The minimum absolute atomic E-state index is 0.0282. The van der Waals surface area contributed by atoms with Gasteiger partial charge in [0.25, 0.3) is 5.91 Å². The van der Waals surface area contributed by atoms with Crippen molar-refractivity contribution in [2.24, 2.45) is 0 Å². The summed E-state index contributed by atoms with van der Waals surface area (Å²) >= 11 is 0. The van der Waals surface area contributed by atoms with E-state index >= 15 is 0 Å². The van der Waals surface area contributed by atoms with Gasteiger partial charge in [0.05, 0.1) is 25.0 Å². The third-order valence-corrected chi connectivity index (χ3v) is 4.84. The van der Waals surface area contributed by atoms with Gasteiger partial charge in [0.2, 0.25) is 0 Å². The number of nitrogens with zero attached hydrogens (tertiary/aromatic N) is 2. The summed E-state index contributed by atoms with van der Waals surface area (Å²) in [5.74, 6) is 0.563. The van der Waals surface area contributed by atoms with Gasteiger partial charge in [0.1, 0.15) is 5.75 Å². The molecule has 6 heteroatoms. The topological polar surface area (TPSA) is 90.1 Å². The summed E-state index contributed by atoms with van der Waals surface area (Å²) in [6.45, 7) is 0. The van der Waals surface area contributed by atoms with E-state index in [0.29, 0.717) is 5.69 Å². The number of aromatic nitrogens is 2. The van der Waals surface area contributed by atoms with Crippen LogP contribution in [-0.2, 0) is 6.42 Å². The molecule has 6 nitrogen and oxygen atoms in total. The van der Waals surface area contributed by atoms with Gasteiger partial charge < -0.3 is 15.8 Å². The van der Waals surface area contributed by atoms with E-state index < -0.39 is 0 Å². The first-order valence-electron chi connectivity index (χ1n) is 8.81. The van der Waals surface area contributed by atoms with Crippen LogP contribution < -0.4 is 15.8 Å². The number of aryl methyl sites for hydroxylation is 1. The standard InChI is InChI=1S/C21H20N4O2/c1-27-15-9-6-14(7-10-15)18-12-23-20(22)19(24-18)21(26)25-17-11-8-13-4-2-3-5-16(13)17/h2-7,9-10,12,17H,8,11H2,1H3,(H2,22,23)(H,25,26)/t17-/m0/s1. The van der Waals surface area contributed by atoms with E-state index in [4.69, 9.17) is 10.5 Å². The van der Waals surface area contributed by atoms with Crippen molar-refractivity contribution in [3.05, 3.63) is 71.5 Å². The van der Waals surface area contributed by atoms with Gasteiger partial charge in [-0.05, 0) is 48.2 Å². The maximum absolute atomic E-state index is 12.8. The molecule has 0 saturated carbocycles. The molecule has 3 N–H and O–H groups in total. The molecule has 136 valence electrons. The number of fused-ring (bicyclic) bond motifs is 1. The quantitative estimate of drug-likeness (QED) is 0.746. The van der Waals surface area contributed by atoms with E-state index in [0.717, 1.165) is 29.7 Å². The number of ether oxygens (including phenoxy) is 1. The SMILES string of the molecule is COc1ccc(-c2cnc(N)c(C(=O)N[C@H]3CCc4ccccc43)n2)cc1. The molecule has 3 aromatic rings. The Kier molecular flexibility index (Phi) is 4.46. The van der Waals surface area contributed by atoms with Gasteiger partial charge in [0, 0.05) is 5.56 Å². The predicted molar refractivity (Wildman–Crippen MR) is 103 cm³/mol. The predicted octanol–water partition coefficient (Wildman–Crippen LogP) is 3.15. The molecule has 0 aliphatic heterocycles. The first-order valence-corrected chi connectivity index (χ1v) is 8.81. The van der Waals surface area contributed by atoms with E-state index in [9.17, 15) is 4.79 Å². The first-order chi connectivity index (χ1) is 13.2. The van der Waals surface area contributed by atoms with Gasteiger partial charge in [-0.2, -0.15) is 0 Å². The molecule has 27 heavy (non-hydrogen) atoms. The van der Waals surface area contributed by atoms with Crippen molar-refractivity contribution in [1.29, 1.82) is 0 Å². The number of benzene rings is 2. The van der Waals surface area contributed by atoms with Gasteiger partial charge >= 0.3 is 0 Å². The maximum atomic E-state index is 12.8. The summed E-state index contributed by atoms with van der Waals surface area (Å²) in [6, 6.07) is 15.5. The number of anilines is 1. The second kappa shape index (κ2) is 7.07. The number of nitrogen functional groups attached to an aromatic ring is 1. The van der Waals surface area contributed by atoms with E-state index in [1.165, 1.54) is 5.56 Å². The molecule has 1 heterocycles. The lowest BCUT2D eigenvalue weighted by molar-refractivity contribution is 0.0932. The zero-order valence-electron chi connectivity index (χ0n) is 15.0. The van der Waals surface area contributed by atoms with Gasteiger partial charge in [-0.1, -0.05) is 24.3 Å². The Morgan fingerprint density at radius 1 is 1.19 bits per heavy atom. The molecule has 1 aromatic heterocycles. The Labute approximate surface area is 157 Å². The summed E-state index contributed by atoms with van der Waals surface area (Å²) in [6.07, 6.45) is 3.39. The number of carbonyl (C=O) groups excluding carboxylic acids is 1. The number of amides is 1. The number of methoxy groups -OCH3 is 1. The molecule has 0 radical (unpaired) electrons. The van der Waals surface area contributed by atoms with E-state index in [-0.39, 0.29) is 23.5 Å². The second-order valence-electron chi connectivity index (χ2n) is 6.48. The molecule has 0 saturated heterocycles. The highest BCUT2D eigenvalue weighted by Gasteiger charge is 2.25. The lowest BCUT2D eigenvalue weighted by Gasteiger charge is -2.15. The van der Waals surface area contributed by atoms with Crippen molar-refractivity contribution < 1.29 is 9.53 Å². The van der Waals surface area contributed by atoms with Crippen LogP contribution in [0.3, 0.4) is 0 Å². The van der Waals surface area contributed by atoms with E-state index in [1.54, 1.807) is 13.3 Å². The summed E-state index contributed by atoms with van der Waals surface area (Å²) < 4.78 is 5.17. The number of rotatable bonds is 4. The highest BCUT2D eigenvalue weighted by atomic mass is 16.5. The van der Waals surface area contributed by atoms with Crippen LogP contribution in [0.2, 0.25) is 0 Å². The maximum Gasteiger partial charge on any atom is 0.274 e. The molecule has 1 aliphatic carbocycles. The number of nitrogens with one attached hydrogen (secondary N) is 1. The molecule has 1 amide bonds. The van der Waals surface area contributed by atoms with Crippen molar-refractivity contribution >= 4 is 11.7 Å². The molecule has 1 aliphatic rings. The Bertz CT molecular complexity index is 986. The smallest absolute Gasteiger partial charge is 0.274 e. The highest BCUT2D eigenvalue weighted by molar-refractivity contribution is 5.97. The summed E-state index contributed by atoms with van der Waals surface area (Å²) in [5.41, 5.74) is 9.93. The number of nitrogens with two attached hydrogens (primary N) is 1. The van der Waals surface area contributed by atoms with Crippen molar-refractivity contribution in [3.63, 3.8) is 0 Å². The molecular formula is C21H20N4O2. The third-order valence-electron chi connectivity index (χ3n) is 4.84. The fourth-order valence-corrected chi connectivity index (χ4v) is 3.40. The minimum atomic E-state index is -0.308. The van der Waals surface area contributed by atoms with Crippen LogP contribution in [0.4, 0.5) is 5.82 Å². The molecule has 0 unspecified atom stereocenters. The zero-order chi connectivity index (χ0) is 18.8. The molecule has 4 rings (SSSR count). The second-order valence-corrected chi connectivity index (χ2v) is 6.48. The molecule has 2 aromatic carbocycles. The number of hydrogen-bond donors (Lipinski definition) is 2. The zero-order valence-corrected chi connectivity index (χ0v) is 15.0. The summed E-state index contributed by atoms with van der Waals surface area (Å²) in [7, 11) is 1.61. The monoisotopic (exact) mass is 360 g/mol. The van der Waals surface area contributed by atoms with E-state index in [1.807, 2.05) is 36.4 Å². The lowest BCUT2D eigenvalue weighted by Crippen LogP contribution is -2.29.